The SMILES string of the molecule is CO/C=C\CCc1ccccc1I. The molecule has 0 fully saturated rings. The van der Waals surface area contributed by atoms with E-state index in [4.69, 9.17) is 4.74 Å². The molecular formula is C11H13IO. The lowest BCUT2D eigenvalue weighted by molar-refractivity contribution is 0.336. The maximum absolute atomic E-state index is 4.83. The van der Waals surface area contributed by atoms with E-state index >= 15 is 0 Å². The number of allylic oxidation sites excluding steroid dienone is 1. The number of methoxy groups -OCH3 is 1. The smallest absolute Gasteiger partial charge is 0.0784 e. The highest BCUT2D eigenvalue weighted by Crippen LogP contribution is 2.13. The van der Waals surface area contributed by atoms with E-state index in [1.54, 1.807) is 13.4 Å². The zero-order valence-electron chi connectivity index (χ0n) is 7.66. The van der Waals surface area contributed by atoms with Crippen molar-refractivity contribution in [2.75, 3.05) is 7.11 Å². The summed E-state index contributed by atoms with van der Waals surface area (Å²) in [6, 6.07) is 8.45. The van der Waals surface area contributed by atoms with Crippen LogP contribution in [0, 0.1) is 3.57 Å². The van der Waals surface area contributed by atoms with Crippen LogP contribution >= 0.6 is 22.6 Å². The van der Waals surface area contributed by atoms with Gasteiger partial charge in [-0.2, -0.15) is 0 Å². The van der Waals surface area contributed by atoms with Gasteiger partial charge in [-0.05, 0) is 53.1 Å². The average molecular weight is 288 g/mol. The van der Waals surface area contributed by atoms with E-state index in [0.717, 1.165) is 12.8 Å². The summed E-state index contributed by atoms with van der Waals surface area (Å²) in [5.74, 6) is 0. The summed E-state index contributed by atoms with van der Waals surface area (Å²) >= 11 is 2.37. The van der Waals surface area contributed by atoms with Gasteiger partial charge in [0.15, 0.2) is 0 Å². The number of benzene rings is 1. The second-order valence-electron chi connectivity index (χ2n) is 2.74. The van der Waals surface area contributed by atoms with Crippen molar-refractivity contribution in [2.45, 2.75) is 12.8 Å². The van der Waals surface area contributed by atoms with Crippen LogP contribution in [0.2, 0.25) is 0 Å². The molecule has 2 heteroatoms. The molecule has 0 N–H and O–H groups in total. The molecule has 13 heavy (non-hydrogen) atoms. The summed E-state index contributed by atoms with van der Waals surface area (Å²) in [7, 11) is 1.67. The molecule has 1 aromatic carbocycles. The second kappa shape index (κ2) is 6.02. The van der Waals surface area contributed by atoms with Crippen LogP contribution in [0.1, 0.15) is 12.0 Å². The van der Waals surface area contributed by atoms with Gasteiger partial charge in [-0.15, -0.1) is 0 Å². The summed E-state index contributed by atoms with van der Waals surface area (Å²) < 4.78 is 6.17. The molecular weight excluding hydrogens is 275 g/mol. The highest BCUT2D eigenvalue weighted by Gasteiger charge is 1.95. The lowest BCUT2D eigenvalue weighted by Crippen LogP contribution is -1.86. The summed E-state index contributed by atoms with van der Waals surface area (Å²) in [5, 5.41) is 0. The van der Waals surface area contributed by atoms with E-state index in [1.165, 1.54) is 9.13 Å². The second-order valence-corrected chi connectivity index (χ2v) is 3.90. The number of aryl methyl sites for hydroxylation is 1. The van der Waals surface area contributed by atoms with Crippen LogP contribution in [-0.2, 0) is 11.2 Å². The number of halogens is 1. The first-order chi connectivity index (χ1) is 6.34. The van der Waals surface area contributed by atoms with E-state index < -0.39 is 0 Å². The van der Waals surface area contributed by atoms with Crippen LogP contribution < -0.4 is 0 Å². The molecule has 0 spiro atoms. The molecule has 0 aliphatic rings. The van der Waals surface area contributed by atoms with Gasteiger partial charge in [0, 0.05) is 3.57 Å². The lowest BCUT2D eigenvalue weighted by atomic mass is 10.1. The van der Waals surface area contributed by atoms with Crippen LogP contribution in [0.3, 0.4) is 0 Å². The molecule has 0 bridgehead atoms. The minimum absolute atomic E-state index is 1.04. The van der Waals surface area contributed by atoms with Gasteiger partial charge in [-0.3, -0.25) is 0 Å². The molecule has 0 amide bonds. The minimum Gasteiger partial charge on any atom is -0.505 e. The molecule has 1 aromatic rings. The first-order valence-electron chi connectivity index (χ1n) is 4.26. The maximum atomic E-state index is 4.83. The first kappa shape index (κ1) is 10.6. The summed E-state index contributed by atoms with van der Waals surface area (Å²) in [6.07, 6.45) is 5.89. The lowest BCUT2D eigenvalue weighted by Gasteiger charge is -2.00. The van der Waals surface area contributed by atoms with Gasteiger partial charge in [-0.1, -0.05) is 18.2 Å². The number of rotatable bonds is 4. The number of ether oxygens (including phenoxy) is 1. The van der Waals surface area contributed by atoms with Crippen LogP contribution in [0.5, 0.6) is 0 Å². The van der Waals surface area contributed by atoms with Gasteiger partial charge in [-0.25, -0.2) is 0 Å². The molecule has 0 aliphatic carbocycles. The van der Waals surface area contributed by atoms with Crippen molar-refractivity contribution < 1.29 is 4.74 Å². The van der Waals surface area contributed by atoms with Gasteiger partial charge in [0.25, 0.3) is 0 Å². The Morgan fingerprint density at radius 1 is 1.38 bits per heavy atom. The largest absolute Gasteiger partial charge is 0.505 e. The molecule has 1 nitrogen and oxygen atoms in total. The van der Waals surface area contributed by atoms with E-state index in [9.17, 15) is 0 Å². The van der Waals surface area contributed by atoms with Crippen molar-refractivity contribution >= 4 is 22.6 Å². The summed E-state index contributed by atoms with van der Waals surface area (Å²) in [4.78, 5) is 0. The Kier molecular flexibility index (Phi) is 4.90. The monoisotopic (exact) mass is 288 g/mol. The zero-order chi connectivity index (χ0) is 9.52. The van der Waals surface area contributed by atoms with E-state index in [2.05, 4.69) is 46.9 Å². The van der Waals surface area contributed by atoms with Crippen molar-refractivity contribution in [1.29, 1.82) is 0 Å². The van der Waals surface area contributed by atoms with Crippen molar-refractivity contribution in [3.63, 3.8) is 0 Å². The highest BCUT2D eigenvalue weighted by molar-refractivity contribution is 14.1. The van der Waals surface area contributed by atoms with Crippen molar-refractivity contribution in [3.8, 4) is 0 Å². The Bertz CT molecular complexity index is 281. The Balaban J connectivity index is 2.45. The van der Waals surface area contributed by atoms with E-state index in [-0.39, 0.29) is 0 Å². The molecule has 0 saturated heterocycles. The van der Waals surface area contributed by atoms with Gasteiger partial charge in [0.1, 0.15) is 0 Å². The fourth-order valence-corrected chi connectivity index (χ4v) is 1.76. The Morgan fingerprint density at radius 3 is 2.85 bits per heavy atom. The minimum atomic E-state index is 1.04. The van der Waals surface area contributed by atoms with Crippen LogP contribution in [0.15, 0.2) is 36.6 Å². The van der Waals surface area contributed by atoms with Crippen LogP contribution in [0.4, 0.5) is 0 Å². The predicted molar refractivity (Wildman–Crippen MR) is 63.6 cm³/mol. The Labute approximate surface area is 92.9 Å². The molecule has 0 heterocycles. The third kappa shape index (κ3) is 3.81. The van der Waals surface area contributed by atoms with E-state index in [1.807, 2.05) is 6.08 Å². The fraction of sp³-hybridized carbons (Fsp3) is 0.273. The predicted octanol–water partition coefficient (Wildman–Crippen LogP) is 3.38. The molecule has 0 aromatic heterocycles. The number of hydrogen-bond acceptors (Lipinski definition) is 1. The van der Waals surface area contributed by atoms with Crippen LogP contribution in [-0.4, -0.2) is 7.11 Å². The zero-order valence-corrected chi connectivity index (χ0v) is 9.82. The molecule has 0 aliphatic heterocycles. The topological polar surface area (TPSA) is 9.23 Å². The van der Waals surface area contributed by atoms with Gasteiger partial charge < -0.3 is 4.74 Å². The molecule has 0 atom stereocenters. The van der Waals surface area contributed by atoms with Crippen LogP contribution in [0.25, 0.3) is 0 Å². The molecule has 0 saturated carbocycles. The van der Waals surface area contributed by atoms with Crippen molar-refractivity contribution in [1.82, 2.24) is 0 Å². The number of hydrogen-bond donors (Lipinski definition) is 0. The van der Waals surface area contributed by atoms with Crippen molar-refractivity contribution in [2.24, 2.45) is 0 Å². The standard InChI is InChI=1S/C11H13IO/c1-13-9-5-4-7-10-6-2-3-8-11(10)12/h2-3,5-6,8-9H,4,7H2,1H3/b9-5-. The van der Waals surface area contributed by atoms with E-state index in [0.29, 0.717) is 0 Å². The third-order valence-corrected chi connectivity index (χ3v) is 2.82. The van der Waals surface area contributed by atoms with Crippen molar-refractivity contribution in [3.05, 3.63) is 45.7 Å². The molecule has 1 rings (SSSR count). The maximum Gasteiger partial charge on any atom is 0.0784 e. The average Bonchev–Trinajstić information content (AvgIpc) is 2.15. The molecule has 0 unspecified atom stereocenters. The normalized spacial score (nSPS) is 10.6. The quantitative estimate of drug-likeness (QED) is 0.609. The summed E-state index contributed by atoms with van der Waals surface area (Å²) in [5.41, 5.74) is 1.41. The molecule has 70 valence electrons. The van der Waals surface area contributed by atoms with Gasteiger partial charge in [0.05, 0.1) is 13.4 Å². The molecule has 0 radical (unpaired) electrons. The fourth-order valence-electron chi connectivity index (χ4n) is 1.10. The Morgan fingerprint density at radius 2 is 2.15 bits per heavy atom. The highest BCUT2D eigenvalue weighted by atomic mass is 127. The van der Waals surface area contributed by atoms with Gasteiger partial charge >= 0.3 is 0 Å². The Hall–Kier alpha value is -0.510. The summed E-state index contributed by atoms with van der Waals surface area (Å²) in [6.45, 7) is 0. The van der Waals surface area contributed by atoms with Gasteiger partial charge in [0.2, 0.25) is 0 Å². The third-order valence-electron chi connectivity index (χ3n) is 1.77. The first-order valence-corrected chi connectivity index (χ1v) is 5.33.